The molecule has 96 valence electrons. The van der Waals surface area contributed by atoms with Gasteiger partial charge < -0.3 is 4.74 Å². The number of nitrogens with zero attached hydrogens (tertiary/aromatic N) is 4. The molecule has 0 fully saturated rings. The van der Waals surface area contributed by atoms with Gasteiger partial charge in [0.15, 0.2) is 5.75 Å². The average molecular weight is 319 g/mol. The predicted octanol–water partition coefficient (Wildman–Crippen LogP) is 3.22. The van der Waals surface area contributed by atoms with Crippen LogP contribution in [0.3, 0.4) is 0 Å². The molecule has 2 rings (SSSR count). The van der Waals surface area contributed by atoms with Gasteiger partial charge >= 0.3 is 0 Å². The third kappa shape index (κ3) is 2.71. The third-order valence-corrected chi connectivity index (χ3v) is 3.26. The summed E-state index contributed by atoms with van der Waals surface area (Å²) < 4.78 is 6.18. The van der Waals surface area contributed by atoms with Crippen LogP contribution in [0.2, 0.25) is 0 Å². The first-order valence-electron chi connectivity index (χ1n) is 5.58. The molecule has 2 aromatic rings. The number of halogens is 1. The van der Waals surface area contributed by atoms with Crippen LogP contribution < -0.4 is 4.74 Å². The van der Waals surface area contributed by atoms with Crippen molar-refractivity contribution >= 4 is 15.9 Å². The molecule has 6 heteroatoms. The van der Waals surface area contributed by atoms with Crippen molar-refractivity contribution < 1.29 is 4.74 Å². The Bertz CT molecular complexity index is 679. The monoisotopic (exact) mass is 318 g/mol. The molecule has 0 saturated heterocycles. The van der Waals surface area contributed by atoms with E-state index in [0.29, 0.717) is 21.6 Å². The highest BCUT2D eigenvalue weighted by atomic mass is 79.9. The van der Waals surface area contributed by atoms with Crippen molar-refractivity contribution in [3.8, 4) is 17.7 Å². The highest BCUT2D eigenvalue weighted by Crippen LogP contribution is 2.29. The molecule has 0 aromatic carbocycles. The first kappa shape index (κ1) is 13.4. The first-order valence-corrected chi connectivity index (χ1v) is 6.37. The highest BCUT2D eigenvalue weighted by molar-refractivity contribution is 9.10. The standard InChI is InChI=1S/C13H11BrN4O/c1-7-4-5-11(12(14)16-7)19-13-10(6-15)8(2)9(3)17-18-13/h4-5H,1-3H3. The molecule has 0 radical (unpaired) electrons. The van der Waals surface area contributed by atoms with Gasteiger partial charge in [0.2, 0.25) is 0 Å². The second-order valence-corrected chi connectivity index (χ2v) is 4.80. The van der Waals surface area contributed by atoms with Crippen LogP contribution in [0, 0.1) is 32.1 Å². The first-order chi connectivity index (χ1) is 9.02. The molecule has 2 heterocycles. The Balaban J connectivity index is 2.44. The lowest BCUT2D eigenvalue weighted by atomic mass is 10.1. The van der Waals surface area contributed by atoms with Crippen LogP contribution >= 0.6 is 15.9 Å². The second kappa shape index (κ2) is 5.33. The number of hydrogen-bond donors (Lipinski definition) is 0. The topological polar surface area (TPSA) is 71.7 Å². The zero-order chi connectivity index (χ0) is 14.0. The van der Waals surface area contributed by atoms with Crippen LogP contribution in [0.15, 0.2) is 16.7 Å². The summed E-state index contributed by atoms with van der Waals surface area (Å²) in [5.74, 6) is 0.691. The molecule has 0 N–H and O–H groups in total. The normalized spacial score (nSPS) is 10.1. The van der Waals surface area contributed by atoms with Crippen molar-refractivity contribution in [3.05, 3.63) is 39.3 Å². The van der Waals surface area contributed by atoms with Gasteiger partial charge in [0, 0.05) is 5.69 Å². The quantitative estimate of drug-likeness (QED) is 0.795. The Morgan fingerprint density at radius 1 is 1.21 bits per heavy atom. The SMILES string of the molecule is Cc1ccc(Oc2nnc(C)c(C)c2C#N)c(Br)n1. The highest BCUT2D eigenvalue weighted by Gasteiger charge is 2.14. The van der Waals surface area contributed by atoms with Crippen molar-refractivity contribution in [3.63, 3.8) is 0 Å². The molecule has 19 heavy (non-hydrogen) atoms. The Morgan fingerprint density at radius 3 is 2.58 bits per heavy atom. The largest absolute Gasteiger partial charge is 0.434 e. The molecule has 0 spiro atoms. The minimum Gasteiger partial charge on any atom is -0.434 e. The van der Waals surface area contributed by atoms with Gasteiger partial charge in [-0.05, 0) is 54.4 Å². The molecule has 5 nitrogen and oxygen atoms in total. The minimum atomic E-state index is 0.192. The summed E-state index contributed by atoms with van der Waals surface area (Å²) in [4.78, 5) is 4.23. The van der Waals surface area contributed by atoms with E-state index < -0.39 is 0 Å². The van der Waals surface area contributed by atoms with Crippen LogP contribution in [0.25, 0.3) is 0 Å². The van der Waals surface area contributed by atoms with E-state index >= 15 is 0 Å². The summed E-state index contributed by atoms with van der Waals surface area (Å²) >= 11 is 3.32. The molecular weight excluding hydrogens is 308 g/mol. The van der Waals surface area contributed by atoms with E-state index in [1.807, 2.05) is 19.9 Å². The molecule has 0 saturated carbocycles. The van der Waals surface area contributed by atoms with E-state index in [4.69, 9.17) is 4.74 Å². The Labute approximate surface area is 119 Å². The lowest BCUT2D eigenvalue weighted by Gasteiger charge is -2.09. The Morgan fingerprint density at radius 2 is 1.95 bits per heavy atom. The number of rotatable bonds is 2. The molecule has 0 atom stereocenters. The molecule has 0 bridgehead atoms. The summed E-state index contributed by atoms with van der Waals surface area (Å²) in [6, 6.07) is 5.68. The van der Waals surface area contributed by atoms with Crippen molar-refractivity contribution in [1.29, 1.82) is 5.26 Å². The second-order valence-electron chi connectivity index (χ2n) is 4.05. The van der Waals surface area contributed by atoms with Gasteiger partial charge in [0.1, 0.15) is 16.2 Å². The summed E-state index contributed by atoms with van der Waals surface area (Å²) in [6.45, 7) is 5.50. The zero-order valence-electron chi connectivity index (χ0n) is 10.7. The van der Waals surface area contributed by atoms with Crippen LogP contribution in [0.1, 0.15) is 22.5 Å². The van der Waals surface area contributed by atoms with Gasteiger partial charge in [0.05, 0.1) is 5.69 Å². The van der Waals surface area contributed by atoms with Crippen LogP contribution in [0.4, 0.5) is 0 Å². The fourth-order valence-corrected chi connectivity index (χ4v) is 1.98. The third-order valence-electron chi connectivity index (χ3n) is 2.69. The summed E-state index contributed by atoms with van der Waals surface area (Å²) in [7, 11) is 0. The number of nitriles is 1. The Hall–Kier alpha value is -2.00. The molecule has 0 aliphatic heterocycles. The van der Waals surface area contributed by atoms with Gasteiger partial charge in [-0.3, -0.25) is 0 Å². The van der Waals surface area contributed by atoms with Crippen LogP contribution in [0.5, 0.6) is 11.6 Å². The molecule has 0 unspecified atom stereocenters. The van der Waals surface area contributed by atoms with Crippen LogP contribution in [-0.4, -0.2) is 15.2 Å². The van der Waals surface area contributed by atoms with Gasteiger partial charge in [-0.2, -0.15) is 10.4 Å². The average Bonchev–Trinajstić information content (AvgIpc) is 2.37. The molecular formula is C13H11BrN4O. The fourth-order valence-electron chi connectivity index (χ4n) is 1.48. The lowest BCUT2D eigenvalue weighted by molar-refractivity contribution is 0.446. The van der Waals surface area contributed by atoms with Crippen molar-refractivity contribution in [1.82, 2.24) is 15.2 Å². The summed E-state index contributed by atoms with van der Waals surface area (Å²) in [5, 5.41) is 17.1. The Kier molecular flexibility index (Phi) is 3.76. The smallest absolute Gasteiger partial charge is 0.257 e. The number of ether oxygens (including phenoxy) is 1. The summed E-state index contributed by atoms with van der Waals surface area (Å²) in [6.07, 6.45) is 0. The van der Waals surface area contributed by atoms with E-state index in [9.17, 15) is 5.26 Å². The van der Waals surface area contributed by atoms with Crippen molar-refractivity contribution in [2.45, 2.75) is 20.8 Å². The molecule has 0 aliphatic carbocycles. The van der Waals surface area contributed by atoms with Gasteiger partial charge in [-0.1, -0.05) is 0 Å². The zero-order valence-corrected chi connectivity index (χ0v) is 12.3. The van der Waals surface area contributed by atoms with E-state index in [1.54, 1.807) is 13.0 Å². The van der Waals surface area contributed by atoms with E-state index in [0.717, 1.165) is 11.3 Å². The lowest BCUT2D eigenvalue weighted by Crippen LogP contribution is -2.01. The molecule has 0 aliphatic rings. The number of hydrogen-bond acceptors (Lipinski definition) is 5. The molecule has 2 aromatic heterocycles. The van der Waals surface area contributed by atoms with E-state index in [-0.39, 0.29) is 5.88 Å². The fraction of sp³-hybridized carbons (Fsp3) is 0.231. The number of pyridine rings is 1. The number of aryl methyl sites for hydroxylation is 2. The molecule has 0 amide bonds. The minimum absolute atomic E-state index is 0.192. The number of aromatic nitrogens is 3. The van der Waals surface area contributed by atoms with Crippen molar-refractivity contribution in [2.75, 3.05) is 0 Å². The maximum Gasteiger partial charge on any atom is 0.257 e. The maximum atomic E-state index is 9.19. The maximum absolute atomic E-state index is 9.19. The van der Waals surface area contributed by atoms with E-state index in [2.05, 4.69) is 37.2 Å². The summed E-state index contributed by atoms with van der Waals surface area (Å²) in [5.41, 5.74) is 2.74. The predicted molar refractivity (Wildman–Crippen MR) is 73.0 cm³/mol. The van der Waals surface area contributed by atoms with Crippen molar-refractivity contribution in [2.24, 2.45) is 0 Å². The van der Waals surface area contributed by atoms with Gasteiger partial charge in [-0.15, -0.1) is 5.10 Å². The van der Waals surface area contributed by atoms with Crippen LogP contribution in [-0.2, 0) is 0 Å². The van der Waals surface area contributed by atoms with Gasteiger partial charge in [-0.25, -0.2) is 4.98 Å². The van der Waals surface area contributed by atoms with Gasteiger partial charge in [0.25, 0.3) is 5.88 Å². The van der Waals surface area contributed by atoms with E-state index in [1.165, 1.54) is 0 Å².